The van der Waals surface area contributed by atoms with Crippen LogP contribution in [0.5, 0.6) is 0 Å². The fourth-order valence-corrected chi connectivity index (χ4v) is 1.63. The number of amidine groups is 1. The minimum atomic E-state index is 0. The summed E-state index contributed by atoms with van der Waals surface area (Å²) >= 11 is 1.64. The smallest absolute Gasteiger partial charge is 0.156 e. The maximum Gasteiger partial charge on any atom is 0.156 e. The van der Waals surface area contributed by atoms with Gasteiger partial charge in [0, 0.05) is 13.6 Å². The molecule has 2 nitrogen and oxygen atoms in total. The summed E-state index contributed by atoms with van der Waals surface area (Å²) in [6.45, 7) is 0.942. The van der Waals surface area contributed by atoms with E-state index in [2.05, 4.69) is 34.6 Å². The third-order valence-electron chi connectivity index (χ3n) is 1.93. The van der Waals surface area contributed by atoms with Gasteiger partial charge in [-0.1, -0.05) is 42.1 Å². The second-order valence-electron chi connectivity index (χ2n) is 2.90. The normalized spacial score (nSPS) is 10.7. The standard InChI is InChI=1S/C11H16N2S.ClH/c1-12-11(14-2)13-9-8-10-6-4-3-5-7-10;/h3-7H,8-9H2,1-2H3,(H,12,13);1H. The molecule has 0 unspecified atom stereocenters. The summed E-state index contributed by atoms with van der Waals surface area (Å²) < 4.78 is 0. The van der Waals surface area contributed by atoms with E-state index < -0.39 is 0 Å². The average Bonchev–Trinajstić information content (AvgIpc) is 2.26. The largest absolute Gasteiger partial charge is 0.365 e. The molecule has 1 rings (SSSR count). The molecular formula is C11H17ClN2S. The Morgan fingerprint density at radius 2 is 2.00 bits per heavy atom. The van der Waals surface area contributed by atoms with Crippen LogP contribution < -0.4 is 5.32 Å². The summed E-state index contributed by atoms with van der Waals surface area (Å²) in [5.41, 5.74) is 1.36. The molecule has 0 saturated carbocycles. The summed E-state index contributed by atoms with van der Waals surface area (Å²) in [6, 6.07) is 10.5. The average molecular weight is 245 g/mol. The highest BCUT2D eigenvalue weighted by molar-refractivity contribution is 8.13. The maximum absolute atomic E-state index is 4.11. The minimum absolute atomic E-state index is 0. The van der Waals surface area contributed by atoms with Crippen LogP contribution in [0.3, 0.4) is 0 Å². The van der Waals surface area contributed by atoms with Gasteiger partial charge in [0.2, 0.25) is 0 Å². The Bertz CT molecular complexity index is 288. The Hall–Kier alpha value is -0.670. The number of rotatable bonds is 3. The first kappa shape index (κ1) is 14.3. The first-order valence-electron chi connectivity index (χ1n) is 4.65. The van der Waals surface area contributed by atoms with Crippen molar-refractivity contribution in [3.05, 3.63) is 35.9 Å². The lowest BCUT2D eigenvalue weighted by atomic mass is 10.2. The molecule has 1 N–H and O–H groups in total. The predicted octanol–water partition coefficient (Wildman–Crippen LogP) is 2.59. The molecule has 0 amide bonds. The second kappa shape index (κ2) is 8.62. The highest BCUT2D eigenvalue weighted by atomic mass is 35.5. The van der Waals surface area contributed by atoms with Gasteiger partial charge in [-0.2, -0.15) is 0 Å². The monoisotopic (exact) mass is 244 g/mol. The molecule has 15 heavy (non-hydrogen) atoms. The van der Waals surface area contributed by atoms with Crippen LogP contribution in [-0.4, -0.2) is 25.0 Å². The number of thioether (sulfide) groups is 1. The van der Waals surface area contributed by atoms with Crippen molar-refractivity contribution in [3.8, 4) is 0 Å². The summed E-state index contributed by atoms with van der Waals surface area (Å²) in [7, 11) is 1.81. The van der Waals surface area contributed by atoms with E-state index in [4.69, 9.17) is 0 Å². The summed E-state index contributed by atoms with van der Waals surface area (Å²) in [6.07, 6.45) is 3.07. The van der Waals surface area contributed by atoms with Crippen LogP contribution in [0.1, 0.15) is 5.56 Å². The number of hydrogen-bond donors (Lipinski definition) is 1. The minimum Gasteiger partial charge on any atom is -0.365 e. The van der Waals surface area contributed by atoms with Crippen molar-refractivity contribution in [2.24, 2.45) is 4.99 Å². The zero-order chi connectivity index (χ0) is 10.2. The highest BCUT2D eigenvalue weighted by Gasteiger charge is 1.94. The predicted molar refractivity (Wildman–Crippen MR) is 72.3 cm³/mol. The Morgan fingerprint density at radius 1 is 1.33 bits per heavy atom. The third-order valence-corrected chi connectivity index (χ3v) is 2.64. The molecule has 0 atom stereocenters. The highest BCUT2D eigenvalue weighted by Crippen LogP contribution is 1.99. The van der Waals surface area contributed by atoms with Crippen molar-refractivity contribution in [2.45, 2.75) is 6.42 Å². The van der Waals surface area contributed by atoms with E-state index in [9.17, 15) is 0 Å². The van der Waals surface area contributed by atoms with E-state index in [0.29, 0.717) is 0 Å². The lowest BCUT2D eigenvalue weighted by molar-refractivity contribution is 0.873. The summed E-state index contributed by atoms with van der Waals surface area (Å²) in [5.74, 6) is 0. The van der Waals surface area contributed by atoms with Gasteiger partial charge in [-0.3, -0.25) is 4.99 Å². The number of aliphatic imine (C=N–C) groups is 1. The van der Waals surface area contributed by atoms with Crippen molar-refractivity contribution >= 4 is 29.3 Å². The van der Waals surface area contributed by atoms with E-state index in [-0.39, 0.29) is 12.4 Å². The molecule has 4 heteroatoms. The van der Waals surface area contributed by atoms with Gasteiger partial charge in [-0.15, -0.1) is 12.4 Å². The first-order chi connectivity index (χ1) is 6.86. The van der Waals surface area contributed by atoms with E-state index >= 15 is 0 Å². The van der Waals surface area contributed by atoms with Gasteiger partial charge in [-0.05, 0) is 18.2 Å². The number of nitrogens with one attached hydrogen (secondary N) is 1. The third kappa shape index (κ3) is 5.70. The molecule has 1 aromatic rings. The van der Waals surface area contributed by atoms with Crippen molar-refractivity contribution in [2.75, 3.05) is 19.8 Å². The van der Waals surface area contributed by atoms with Gasteiger partial charge in [0.1, 0.15) is 0 Å². The maximum atomic E-state index is 4.11. The SMILES string of the molecule is CN=C(NCCc1ccccc1)SC.Cl. The van der Waals surface area contributed by atoms with E-state index in [1.807, 2.05) is 12.3 Å². The van der Waals surface area contributed by atoms with Crippen molar-refractivity contribution in [3.63, 3.8) is 0 Å². The number of halogens is 1. The lowest BCUT2D eigenvalue weighted by Crippen LogP contribution is -2.22. The molecular weight excluding hydrogens is 228 g/mol. The van der Waals surface area contributed by atoms with Crippen molar-refractivity contribution < 1.29 is 0 Å². The Morgan fingerprint density at radius 3 is 2.53 bits per heavy atom. The molecule has 0 fully saturated rings. The van der Waals surface area contributed by atoms with Gasteiger partial charge >= 0.3 is 0 Å². The van der Waals surface area contributed by atoms with Crippen LogP contribution in [0.25, 0.3) is 0 Å². The molecule has 0 radical (unpaired) electrons. The molecule has 0 aromatic heterocycles. The van der Waals surface area contributed by atoms with Crippen LogP contribution in [0.2, 0.25) is 0 Å². The molecule has 0 aliphatic heterocycles. The van der Waals surface area contributed by atoms with E-state index in [1.165, 1.54) is 5.56 Å². The number of nitrogens with zero attached hydrogens (tertiary/aromatic N) is 1. The molecule has 0 spiro atoms. The Balaban J connectivity index is 0.00000196. The van der Waals surface area contributed by atoms with Gasteiger partial charge in [0.05, 0.1) is 0 Å². The molecule has 0 bridgehead atoms. The second-order valence-corrected chi connectivity index (χ2v) is 3.69. The van der Waals surface area contributed by atoms with Crippen molar-refractivity contribution in [1.29, 1.82) is 0 Å². The van der Waals surface area contributed by atoms with Crippen LogP contribution in [-0.2, 0) is 6.42 Å². The first-order valence-corrected chi connectivity index (χ1v) is 5.88. The van der Waals surface area contributed by atoms with Crippen molar-refractivity contribution in [1.82, 2.24) is 5.32 Å². The zero-order valence-corrected chi connectivity index (χ0v) is 10.7. The number of benzene rings is 1. The van der Waals surface area contributed by atoms with Crippen LogP contribution in [0.15, 0.2) is 35.3 Å². The van der Waals surface area contributed by atoms with Crippen LogP contribution >= 0.6 is 24.2 Å². The fraction of sp³-hybridized carbons (Fsp3) is 0.364. The molecule has 1 aromatic carbocycles. The van der Waals surface area contributed by atoms with Crippen LogP contribution in [0.4, 0.5) is 0 Å². The zero-order valence-electron chi connectivity index (χ0n) is 9.06. The molecule has 0 saturated heterocycles. The molecule has 84 valence electrons. The van der Waals surface area contributed by atoms with Gasteiger partial charge in [0.15, 0.2) is 5.17 Å². The quantitative estimate of drug-likeness (QED) is 0.653. The van der Waals surface area contributed by atoms with Crippen LogP contribution in [0, 0.1) is 0 Å². The van der Waals surface area contributed by atoms with E-state index in [0.717, 1.165) is 18.1 Å². The summed E-state index contributed by atoms with van der Waals surface area (Å²) in [5, 5.41) is 4.28. The number of hydrogen-bond acceptors (Lipinski definition) is 2. The Kier molecular flexibility index (Phi) is 8.24. The van der Waals surface area contributed by atoms with Gasteiger partial charge in [0.25, 0.3) is 0 Å². The topological polar surface area (TPSA) is 24.4 Å². The molecule has 0 aliphatic carbocycles. The molecule has 0 aliphatic rings. The molecule has 0 heterocycles. The summed E-state index contributed by atoms with van der Waals surface area (Å²) in [4.78, 5) is 4.11. The Labute approximate surface area is 102 Å². The van der Waals surface area contributed by atoms with E-state index in [1.54, 1.807) is 18.8 Å². The van der Waals surface area contributed by atoms with Gasteiger partial charge < -0.3 is 5.32 Å². The fourth-order valence-electron chi connectivity index (χ4n) is 1.20. The lowest BCUT2D eigenvalue weighted by Gasteiger charge is -2.06. The van der Waals surface area contributed by atoms with Gasteiger partial charge in [-0.25, -0.2) is 0 Å².